The molecule has 0 aliphatic carbocycles. The molecular weight excluding hydrogens is 352 g/mol. The Morgan fingerprint density at radius 3 is 2.21 bits per heavy atom. The van der Waals surface area contributed by atoms with Crippen LogP contribution < -0.4 is 0 Å². The molecule has 0 amide bonds. The summed E-state index contributed by atoms with van der Waals surface area (Å²) in [5.41, 5.74) is 9.90. The van der Waals surface area contributed by atoms with Crippen molar-refractivity contribution in [3.05, 3.63) is 70.5 Å². The molecule has 0 bridgehead atoms. The quantitative estimate of drug-likeness (QED) is 0.303. The Bertz CT molecular complexity index is 1100. The Kier molecular flexibility index (Phi) is 6.08. The minimum absolute atomic E-state index is 1.07. The van der Waals surface area contributed by atoms with Crippen molar-refractivity contribution in [2.45, 2.75) is 72.1 Å². The average molecular weight is 387 g/mol. The second-order valence-electron chi connectivity index (χ2n) is 8.30. The summed E-state index contributed by atoms with van der Waals surface area (Å²) in [4.78, 5) is 7.43. The first kappa shape index (κ1) is 19.8. The number of fused-ring (bicyclic) bond motifs is 2. The summed E-state index contributed by atoms with van der Waals surface area (Å²) in [5.74, 6) is 0. The van der Waals surface area contributed by atoms with E-state index in [-0.39, 0.29) is 0 Å². The third kappa shape index (κ3) is 3.99. The van der Waals surface area contributed by atoms with Gasteiger partial charge in [-0.3, -0.25) is 0 Å². The maximum atomic E-state index is 3.73. The van der Waals surface area contributed by atoms with Gasteiger partial charge in [-0.1, -0.05) is 63.9 Å². The maximum absolute atomic E-state index is 3.73. The number of rotatable bonds is 9. The number of unbranched alkanes of at least 4 members (excludes halogenated alkanes) is 1. The van der Waals surface area contributed by atoms with E-state index in [9.17, 15) is 0 Å². The highest BCUT2D eigenvalue weighted by Gasteiger charge is 2.12. The van der Waals surface area contributed by atoms with E-state index in [0.29, 0.717) is 0 Å². The molecule has 0 saturated heterocycles. The largest absolute Gasteiger partial charge is 0.358 e. The van der Waals surface area contributed by atoms with Crippen molar-refractivity contribution in [1.82, 2.24) is 9.97 Å². The summed E-state index contributed by atoms with van der Waals surface area (Å²) < 4.78 is 0. The smallest absolute Gasteiger partial charge is 0.0461 e. The molecule has 0 fully saturated rings. The van der Waals surface area contributed by atoms with Crippen LogP contribution in [0.25, 0.3) is 21.8 Å². The molecule has 2 aromatic carbocycles. The summed E-state index contributed by atoms with van der Waals surface area (Å²) in [6, 6.07) is 15.8. The molecule has 2 N–H and O–H groups in total. The average Bonchev–Trinajstić information content (AvgIpc) is 3.28. The van der Waals surface area contributed by atoms with Gasteiger partial charge >= 0.3 is 0 Å². The molecule has 2 nitrogen and oxygen atoms in total. The van der Waals surface area contributed by atoms with Crippen LogP contribution in [0.3, 0.4) is 0 Å². The van der Waals surface area contributed by atoms with Gasteiger partial charge in [0.1, 0.15) is 0 Å². The van der Waals surface area contributed by atoms with E-state index in [1.165, 1.54) is 75.6 Å². The molecule has 2 aromatic heterocycles. The van der Waals surface area contributed by atoms with E-state index in [1.54, 1.807) is 0 Å². The van der Waals surface area contributed by atoms with Crippen LogP contribution >= 0.6 is 0 Å². The van der Waals surface area contributed by atoms with Crippen LogP contribution in [0.15, 0.2) is 42.5 Å². The number of aromatic amines is 2. The molecule has 4 aromatic rings. The molecule has 29 heavy (non-hydrogen) atoms. The van der Waals surface area contributed by atoms with Crippen LogP contribution in [0.5, 0.6) is 0 Å². The highest BCUT2D eigenvalue weighted by molar-refractivity contribution is 5.86. The van der Waals surface area contributed by atoms with Crippen molar-refractivity contribution >= 4 is 21.8 Å². The molecule has 4 rings (SSSR count). The number of nitrogens with one attached hydrogen (secondary N) is 2. The third-order valence-corrected chi connectivity index (χ3v) is 6.26. The lowest BCUT2D eigenvalue weighted by atomic mass is 10.00. The molecule has 0 radical (unpaired) electrons. The lowest BCUT2D eigenvalue weighted by Crippen LogP contribution is -1.96. The lowest BCUT2D eigenvalue weighted by molar-refractivity contribution is 0.775. The van der Waals surface area contributed by atoms with Gasteiger partial charge in [0.2, 0.25) is 0 Å². The number of H-pyrrole nitrogens is 2. The summed E-state index contributed by atoms with van der Waals surface area (Å²) in [6.45, 7) is 6.81. The van der Waals surface area contributed by atoms with E-state index in [2.05, 4.69) is 73.2 Å². The van der Waals surface area contributed by atoms with Gasteiger partial charge in [-0.25, -0.2) is 0 Å². The first-order chi connectivity index (χ1) is 14.2. The summed E-state index contributed by atoms with van der Waals surface area (Å²) in [5, 5.41) is 2.82. The van der Waals surface area contributed by atoms with Crippen molar-refractivity contribution in [2.24, 2.45) is 0 Å². The standard InChI is InChI=1S/C27H34N2/c1-4-7-12-24-20(6-3)23-16-14-19(18-27(23)29-24)15-17-26-21(10-5-2)22-11-8-9-13-25(22)28-26/h8-9,11,13-14,16,18,28-29H,4-7,10,12,15,17H2,1-3H3. The van der Waals surface area contributed by atoms with Crippen molar-refractivity contribution in [3.63, 3.8) is 0 Å². The van der Waals surface area contributed by atoms with Crippen LogP contribution in [0, 0.1) is 0 Å². The number of benzene rings is 2. The van der Waals surface area contributed by atoms with Gasteiger partial charge in [-0.05, 0) is 67.3 Å². The third-order valence-electron chi connectivity index (χ3n) is 6.26. The fourth-order valence-corrected chi connectivity index (χ4v) is 4.76. The van der Waals surface area contributed by atoms with Gasteiger partial charge in [-0.2, -0.15) is 0 Å². The zero-order valence-corrected chi connectivity index (χ0v) is 18.2. The molecular formula is C27H34N2. The van der Waals surface area contributed by atoms with Gasteiger partial charge in [0, 0.05) is 33.2 Å². The Labute approximate surface area is 174 Å². The van der Waals surface area contributed by atoms with Gasteiger partial charge in [0.15, 0.2) is 0 Å². The molecule has 0 saturated carbocycles. The van der Waals surface area contributed by atoms with E-state index in [1.807, 2.05) is 0 Å². The molecule has 0 unspecified atom stereocenters. The van der Waals surface area contributed by atoms with Crippen LogP contribution in [0.2, 0.25) is 0 Å². The van der Waals surface area contributed by atoms with E-state index in [4.69, 9.17) is 0 Å². The van der Waals surface area contributed by atoms with Gasteiger partial charge in [0.25, 0.3) is 0 Å². The Hall–Kier alpha value is -2.48. The number of para-hydroxylation sites is 1. The summed E-state index contributed by atoms with van der Waals surface area (Å²) in [6.07, 6.45) is 9.25. The van der Waals surface area contributed by atoms with E-state index >= 15 is 0 Å². The van der Waals surface area contributed by atoms with Gasteiger partial charge in [0.05, 0.1) is 0 Å². The summed E-state index contributed by atoms with van der Waals surface area (Å²) >= 11 is 0. The molecule has 2 heterocycles. The maximum Gasteiger partial charge on any atom is 0.0461 e. The zero-order chi connectivity index (χ0) is 20.2. The minimum atomic E-state index is 1.07. The van der Waals surface area contributed by atoms with Gasteiger partial charge < -0.3 is 9.97 Å². The second-order valence-corrected chi connectivity index (χ2v) is 8.30. The molecule has 0 aliphatic heterocycles. The van der Waals surface area contributed by atoms with Crippen molar-refractivity contribution in [2.75, 3.05) is 0 Å². The summed E-state index contributed by atoms with van der Waals surface area (Å²) in [7, 11) is 0. The van der Waals surface area contributed by atoms with Gasteiger partial charge in [-0.15, -0.1) is 0 Å². The fourth-order valence-electron chi connectivity index (χ4n) is 4.76. The Morgan fingerprint density at radius 2 is 1.41 bits per heavy atom. The van der Waals surface area contributed by atoms with Crippen LogP contribution in [0.1, 0.15) is 68.1 Å². The second kappa shape index (κ2) is 8.90. The molecule has 0 atom stereocenters. The highest BCUT2D eigenvalue weighted by Crippen LogP contribution is 2.28. The molecule has 152 valence electrons. The van der Waals surface area contributed by atoms with Crippen LogP contribution in [0.4, 0.5) is 0 Å². The monoisotopic (exact) mass is 386 g/mol. The molecule has 2 heteroatoms. The number of aromatic nitrogens is 2. The van der Waals surface area contributed by atoms with Crippen molar-refractivity contribution in [1.29, 1.82) is 0 Å². The van der Waals surface area contributed by atoms with Crippen molar-refractivity contribution in [3.8, 4) is 0 Å². The normalized spacial score (nSPS) is 11.7. The predicted molar refractivity (Wildman–Crippen MR) is 126 cm³/mol. The van der Waals surface area contributed by atoms with Crippen molar-refractivity contribution < 1.29 is 0 Å². The Morgan fingerprint density at radius 1 is 0.655 bits per heavy atom. The number of hydrogen-bond donors (Lipinski definition) is 2. The minimum Gasteiger partial charge on any atom is -0.358 e. The lowest BCUT2D eigenvalue weighted by Gasteiger charge is -2.05. The van der Waals surface area contributed by atoms with Crippen LogP contribution in [-0.2, 0) is 32.1 Å². The first-order valence-electron chi connectivity index (χ1n) is 11.5. The first-order valence-corrected chi connectivity index (χ1v) is 11.5. The topological polar surface area (TPSA) is 31.6 Å². The Balaban J connectivity index is 1.58. The number of hydrogen-bond acceptors (Lipinski definition) is 0. The van der Waals surface area contributed by atoms with E-state index in [0.717, 1.165) is 25.7 Å². The van der Waals surface area contributed by atoms with Crippen LogP contribution in [-0.4, -0.2) is 9.97 Å². The number of aryl methyl sites for hydroxylation is 5. The van der Waals surface area contributed by atoms with E-state index < -0.39 is 0 Å². The zero-order valence-electron chi connectivity index (χ0n) is 18.2. The highest BCUT2D eigenvalue weighted by atomic mass is 14.7. The molecule has 0 spiro atoms. The predicted octanol–water partition coefficient (Wildman–Crippen LogP) is 7.29. The SMILES string of the molecule is CCCCc1[nH]c2cc(CCc3[nH]c4ccccc4c3CCC)ccc2c1CC. The molecule has 0 aliphatic rings. The fraction of sp³-hybridized carbons (Fsp3) is 0.407.